The van der Waals surface area contributed by atoms with Gasteiger partial charge >= 0.3 is 0 Å². The summed E-state index contributed by atoms with van der Waals surface area (Å²) in [6, 6.07) is 7.49. The summed E-state index contributed by atoms with van der Waals surface area (Å²) in [7, 11) is 0. The molecule has 1 aliphatic heterocycles. The van der Waals surface area contributed by atoms with Crippen LogP contribution < -0.4 is 0 Å². The molecule has 0 N–H and O–H groups in total. The van der Waals surface area contributed by atoms with Crippen LogP contribution in [0.25, 0.3) is 11.5 Å². The van der Waals surface area contributed by atoms with E-state index in [4.69, 9.17) is 20.8 Å². The van der Waals surface area contributed by atoms with Crippen molar-refractivity contribution < 1.29 is 9.15 Å². The Balaban J connectivity index is 1.78. The molecule has 1 aromatic carbocycles. The van der Waals surface area contributed by atoms with Crippen molar-refractivity contribution in [3.8, 4) is 11.5 Å². The van der Waals surface area contributed by atoms with E-state index in [2.05, 4.69) is 35.9 Å². The molecule has 0 spiro atoms. The zero-order chi connectivity index (χ0) is 15.7. The van der Waals surface area contributed by atoms with Crippen LogP contribution in [0.1, 0.15) is 32.7 Å². The minimum absolute atomic E-state index is 0.0641. The fourth-order valence-electron chi connectivity index (χ4n) is 2.83. The summed E-state index contributed by atoms with van der Waals surface area (Å²) in [6.07, 6.45) is 0.419. The molecule has 1 saturated heterocycles. The molecule has 1 fully saturated rings. The van der Waals surface area contributed by atoms with Crippen LogP contribution in [0.5, 0.6) is 0 Å². The van der Waals surface area contributed by atoms with Crippen LogP contribution in [-0.4, -0.2) is 40.4 Å². The highest BCUT2D eigenvalue weighted by atomic mass is 35.5. The second-order valence-electron chi connectivity index (χ2n) is 5.84. The van der Waals surface area contributed by atoms with Crippen molar-refractivity contribution in [2.24, 2.45) is 0 Å². The Morgan fingerprint density at radius 3 is 2.64 bits per heavy atom. The number of hydrogen-bond donors (Lipinski definition) is 0. The Morgan fingerprint density at radius 2 is 1.95 bits per heavy atom. The monoisotopic (exact) mass is 321 g/mol. The van der Waals surface area contributed by atoms with Crippen molar-refractivity contribution >= 4 is 11.6 Å². The van der Waals surface area contributed by atoms with Gasteiger partial charge < -0.3 is 9.15 Å². The maximum Gasteiger partial charge on any atom is 0.247 e. The molecular formula is C16H20ClN3O2. The number of hydrogen-bond acceptors (Lipinski definition) is 5. The van der Waals surface area contributed by atoms with E-state index in [1.54, 1.807) is 0 Å². The normalized spacial score (nSPS) is 24.4. The van der Waals surface area contributed by atoms with E-state index in [1.165, 1.54) is 0 Å². The Labute approximate surface area is 135 Å². The fourth-order valence-corrected chi connectivity index (χ4v) is 3.02. The van der Waals surface area contributed by atoms with Gasteiger partial charge in [-0.05, 0) is 39.0 Å². The van der Waals surface area contributed by atoms with E-state index < -0.39 is 0 Å². The molecule has 0 amide bonds. The van der Waals surface area contributed by atoms with E-state index in [1.807, 2.05) is 24.3 Å². The lowest BCUT2D eigenvalue weighted by atomic mass is 10.2. The minimum Gasteiger partial charge on any atom is -0.419 e. The molecule has 3 rings (SSSR count). The van der Waals surface area contributed by atoms with Crippen LogP contribution in [-0.2, 0) is 4.74 Å². The second-order valence-corrected chi connectivity index (χ2v) is 6.28. The molecule has 2 aromatic rings. The van der Waals surface area contributed by atoms with E-state index in [-0.39, 0.29) is 18.2 Å². The lowest BCUT2D eigenvalue weighted by Gasteiger charge is -2.37. The van der Waals surface area contributed by atoms with Gasteiger partial charge in [-0.2, -0.15) is 0 Å². The topological polar surface area (TPSA) is 51.4 Å². The maximum absolute atomic E-state index is 6.01. The molecule has 1 aromatic heterocycles. The van der Waals surface area contributed by atoms with E-state index in [9.17, 15) is 0 Å². The first-order valence-corrected chi connectivity index (χ1v) is 7.89. The van der Waals surface area contributed by atoms with Gasteiger partial charge in [-0.25, -0.2) is 0 Å². The summed E-state index contributed by atoms with van der Waals surface area (Å²) < 4.78 is 11.6. The number of ether oxygens (including phenoxy) is 1. The van der Waals surface area contributed by atoms with Crippen LogP contribution in [0.15, 0.2) is 28.7 Å². The Morgan fingerprint density at radius 1 is 1.23 bits per heavy atom. The first-order chi connectivity index (χ1) is 10.5. The molecule has 118 valence electrons. The number of nitrogens with zero attached hydrogens (tertiary/aromatic N) is 3. The second kappa shape index (κ2) is 6.36. The predicted molar refractivity (Wildman–Crippen MR) is 84.7 cm³/mol. The average molecular weight is 322 g/mol. The number of halogens is 1. The van der Waals surface area contributed by atoms with Gasteiger partial charge in [0.1, 0.15) is 0 Å². The van der Waals surface area contributed by atoms with E-state index >= 15 is 0 Å². The van der Waals surface area contributed by atoms with Crippen molar-refractivity contribution in [1.82, 2.24) is 15.1 Å². The molecule has 0 saturated carbocycles. The zero-order valence-electron chi connectivity index (χ0n) is 13.0. The van der Waals surface area contributed by atoms with Crippen LogP contribution in [0.2, 0.25) is 5.02 Å². The molecule has 1 aliphatic rings. The lowest BCUT2D eigenvalue weighted by Crippen LogP contribution is -2.46. The number of rotatable bonds is 3. The lowest BCUT2D eigenvalue weighted by molar-refractivity contribution is -0.0814. The summed E-state index contributed by atoms with van der Waals surface area (Å²) >= 11 is 6.01. The standard InChI is InChI=1S/C16H20ClN3O2/c1-10-8-20(9-11(2)21-10)12(3)15-18-19-16(22-15)13-5-4-6-14(17)7-13/h4-7,10-12H,8-9H2,1-3H3/t10-,11+,12-/m0/s1. The molecular weight excluding hydrogens is 302 g/mol. The molecule has 5 nitrogen and oxygen atoms in total. The molecule has 0 bridgehead atoms. The van der Waals surface area contributed by atoms with Crippen LogP contribution >= 0.6 is 11.6 Å². The maximum atomic E-state index is 6.01. The summed E-state index contributed by atoms with van der Waals surface area (Å²) in [5.74, 6) is 1.12. The Hall–Kier alpha value is -1.43. The van der Waals surface area contributed by atoms with Crippen LogP contribution in [0, 0.1) is 0 Å². The van der Waals surface area contributed by atoms with Crippen molar-refractivity contribution in [1.29, 1.82) is 0 Å². The predicted octanol–water partition coefficient (Wildman–Crippen LogP) is 3.56. The van der Waals surface area contributed by atoms with Crippen LogP contribution in [0.3, 0.4) is 0 Å². The summed E-state index contributed by atoms with van der Waals surface area (Å²) in [5.41, 5.74) is 0.835. The molecule has 6 heteroatoms. The smallest absolute Gasteiger partial charge is 0.247 e. The highest BCUT2D eigenvalue weighted by molar-refractivity contribution is 6.30. The molecule has 3 atom stereocenters. The Kier molecular flexibility index (Phi) is 4.47. The van der Waals surface area contributed by atoms with Gasteiger partial charge in [0.25, 0.3) is 0 Å². The van der Waals surface area contributed by atoms with Crippen molar-refractivity contribution in [3.05, 3.63) is 35.2 Å². The van der Waals surface area contributed by atoms with E-state index in [0.29, 0.717) is 16.8 Å². The highest BCUT2D eigenvalue weighted by Crippen LogP contribution is 2.27. The third kappa shape index (κ3) is 3.32. The molecule has 22 heavy (non-hydrogen) atoms. The molecule has 0 unspecified atom stereocenters. The molecule has 2 heterocycles. The fraction of sp³-hybridized carbons (Fsp3) is 0.500. The van der Waals surface area contributed by atoms with E-state index in [0.717, 1.165) is 18.7 Å². The average Bonchev–Trinajstić information content (AvgIpc) is 2.95. The number of morpholine rings is 1. The Bertz CT molecular complexity index is 636. The van der Waals surface area contributed by atoms with Gasteiger partial charge in [-0.3, -0.25) is 4.90 Å². The summed E-state index contributed by atoms with van der Waals surface area (Å²) in [6.45, 7) is 7.97. The SMILES string of the molecule is C[C@@H]1CN([C@@H](C)c2nnc(-c3cccc(Cl)c3)o2)C[C@H](C)O1. The van der Waals surface area contributed by atoms with Gasteiger partial charge in [0.05, 0.1) is 18.2 Å². The van der Waals surface area contributed by atoms with Gasteiger partial charge in [0.2, 0.25) is 11.8 Å². The minimum atomic E-state index is 0.0641. The first-order valence-electron chi connectivity index (χ1n) is 7.52. The van der Waals surface area contributed by atoms with Gasteiger partial charge in [0.15, 0.2) is 0 Å². The largest absolute Gasteiger partial charge is 0.419 e. The van der Waals surface area contributed by atoms with Gasteiger partial charge in [0, 0.05) is 23.7 Å². The van der Waals surface area contributed by atoms with Crippen molar-refractivity contribution in [2.45, 2.75) is 39.0 Å². The van der Waals surface area contributed by atoms with Gasteiger partial charge in [-0.15, -0.1) is 10.2 Å². The van der Waals surface area contributed by atoms with Crippen molar-refractivity contribution in [2.75, 3.05) is 13.1 Å². The zero-order valence-corrected chi connectivity index (χ0v) is 13.7. The third-order valence-corrected chi connectivity index (χ3v) is 4.10. The first kappa shape index (κ1) is 15.5. The number of benzene rings is 1. The van der Waals surface area contributed by atoms with Crippen LogP contribution in [0.4, 0.5) is 0 Å². The third-order valence-electron chi connectivity index (χ3n) is 3.87. The molecule has 0 radical (unpaired) electrons. The summed E-state index contributed by atoms with van der Waals surface area (Å²) in [4.78, 5) is 2.31. The number of aromatic nitrogens is 2. The quantitative estimate of drug-likeness (QED) is 0.865. The highest BCUT2D eigenvalue weighted by Gasteiger charge is 2.29. The molecule has 0 aliphatic carbocycles. The summed E-state index contributed by atoms with van der Waals surface area (Å²) in [5, 5.41) is 9.01. The van der Waals surface area contributed by atoms with Crippen molar-refractivity contribution in [3.63, 3.8) is 0 Å². The van der Waals surface area contributed by atoms with Gasteiger partial charge in [-0.1, -0.05) is 17.7 Å².